The third-order valence-corrected chi connectivity index (χ3v) is 4.96. The van der Waals surface area contributed by atoms with Crippen molar-refractivity contribution in [1.29, 1.82) is 0 Å². The highest BCUT2D eigenvalue weighted by molar-refractivity contribution is 5.75. The van der Waals surface area contributed by atoms with E-state index in [9.17, 15) is 4.79 Å². The molecule has 0 aliphatic heterocycles. The molecule has 0 saturated carbocycles. The molecule has 0 heterocycles. The van der Waals surface area contributed by atoms with E-state index in [4.69, 9.17) is 14.2 Å². The number of amides is 1. The lowest BCUT2D eigenvalue weighted by atomic mass is 10.2. The van der Waals surface area contributed by atoms with Crippen molar-refractivity contribution in [1.82, 2.24) is 10.2 Å². The highest BCUT2D eigenvalue weighted by Gasteiger charge is 2.08. The van der Waals surface area contributed by atoms with Crippen molar-refractivity contribution in [3.63, 3.8) is 0 Å². The molecule has 170 valence electrons. The molecule has 0 spiro atoms. The van der Waals surface area contributed by atoms with Gasteiger partial charge >= 0.3 is 0 Å². The van der Waals surface area contributed by atoms with Crippen LogP contribution in [-0.2, 0) is 11.3 Å². The quantitative estimate of drug-likeness (QED) is 0.429. The molecule has 2 aromatic carbocycles. The van der Waals surface area contributed by atoms with Crippen LogP contribution in [0.4, 0.5) is 0 Å². The molecule has 0 radical (unpaired) electrons. The third kappa shape index (κ3) is 8.89. The Kier molecular flexibility index (Phi) is 11.3. The molecule has 0 aliphatic carbocycles. The highest BCUT2D eigenvalue weighted by atomic mass is 16.5. The second-order valence-corrected chi connectivity index (χ2v) is 7.09. The third-order valence-electron chi connectivity index (χ3n) is 4.96. The standard InChI is InChI=1S/C25H36N2O4/c1-4-27(5-2)17-19-31-22-13-8-7-12-21(22)20-26-25(28)16-11-18-30-24-15-10-9-14-23(24)29-6-3/h7-10,12-15H,4-6,11,16-20H2,1-3H3,(H,26,28). The van der Waals surface area contributed by atoms with Crippen LogP contribution in [0.15, 0.2) is 48.5 Å². The topological polar surface area (TPSA) is 60.0 Å². The summed E-state index contributed by atoms with van der Waals surface area (Å²) in [7, 11) is 0. The first-order valence-corrected chi connectivity index (χ1v) is 11.2. The van der Waals surface area contributed by atoms with Crippen LogP contribution in [0, 0.1) is 0 Å². The van der Waals surface area contributed by atoms with Crippen LogP contribution in [-0.4, -0.2) is 50.3 Å². The van der Waals surface area contributed by atoms with E-state index in [2.05, 4.69) is 24.1 Å². The molecule has 0 bridgehead atoms. The Balaban J connectivity index is 1.72. The number of carbonyl (C=O) groups is 1. The maximum atomic E-state index is 12.3. The number of likely N-dealkylation sites (N-methyl/N-ethyl adjacent to an activating group) is 1. The zero-order chi connectivity index (χ0) is 22.3. The van der Waals surface area contributed by atoms with E-state index in [0.29, 0.717) is 45.0 Å². The summed E-state index contributed by atoms with van der Waals surface area (Å²) in [6, 6.07) is 15.4. The van der Waals surface area contributed by atoms with E-state index in [1.807, 2.05) is 55.5 Å². The fraction of sp³-hybridized carbons (Fsp3) is 0.480. The first kappa shape index (κ1) is 24.5. The summed E-state index contributed by atoms with van der Waals surface area (Å²) in [5, 5.41) is 2.98. The van der Waals surface area contributed by atoms with E-state index in [1.165, 1.54) is 0 Å². The highest BCUT2D eigenvalue weighted by Crippen LogP contribution is 2.26. The minimum absolute atomic E-state index is 0.000336. The summed E-state index contributed by atoms with van der Waals surface area (Å²) in [5.41, 5.74) is 0.984. The predicted octanol–water partition coefficient (Wildman–Crippen LogP) is 4.28. The van der Waals surface area contributed by atoms with Crippen LogP contribution in [0.2, 0.25) is 0 Å². The average molecular weight is 429 g/mol. The number of hydrogen-bond acceptors (Lipinski definition) is 5. The maximum Gasteiger partial charge on any atom is 0.220 e. The summed E-state index contributed by atoms with van der Waals surface area (Å²) in [6.45, 7) is 11.3. The maximum absolute atomic E-state index is 12.3. The fourth-order valence-electron chi connectivity index (χ4n) is 3.16. The van der Waals surface area contributed by atoms with Crippen molar-refractivity contribution < 1.29 is 19.0 Å². The molecule has 1 amide bonds. The lowest BCUT2D eigenvalue weighted by Crippen LogP contribution is -2.28. The lowest BCUT2D eigenvalue weighted by Gasteiger charge is -2.19. The molecule has 0 fully saturated rings. The Bertz CT molecular complexity index is 778. The van der Waals surface area contributed by atoms with Crippen LogP contribution < -0.4 is 19.5 Å². The minimum Gasteiger partial charge on any atom is -0.492 e. The molecule has 0 unspecified atom stereocenters. The van der Waals surface area contributed by atoms with Crippen molar-refractivity contribution >= 4 is 5.91 Å². The molecule has 1 N–H and O–H groups in total. The summed E-state index contributed by atoms with van der Waals surface area (Å²) < 4.78 is 17.3. The molecule has 2 aromatic rings. The predicted molar refractivity (Wildman–Crippen MR) is 124 cm³/mol. The molecule has 6 nitrogen and oxygen atoms in total. The number of hydrogen-bond donors (Lipinski definition) is 1. The van der Waals surface area contributed by atoms with Gasteiger partial charge in [-0.15, -0.1) is 0 Å². The molecule has 2 rings (SSSR count). The number of nitrogens with one attached hydrogen (secondary N) is 1. The van der Waals surface area contributed by atoms with Crippen LogP contribution in [0.5, 0.6) is 17.2 Å². The summed E-state index contributed by atoms with van der Waals surface area (Å²) in [5.74, 6) is 2.26. The van der Waals surface area contributed by atoms with Gasteiger partial charge in [0.15, 0.2) is 11.5 Å². The number of benzene rings is 2. The molecular weight excluding hydrogens is 392 g/mol. The van der Waals surface area contributed by atoms with Crippen LogP contribution in [0.25, 0.3) is 0 Å². The molecule has 31 heavy (non-hydrogen) atoms. The molecule has 0 aliphatic rings. The zero-order valence-corrected chi connectivity index (χ0v) is 19.1. The van der Waals surface area contributed by atoms with E-state index < -0.39 is 0 Å². The zero-order valence-electron chi connectivity index (χ0n) is 19.1. The van der Waals surface area contributed by atoms with Crippen LogP contribution >= 0.6 is 0 Å². The summed E-state index contributed by atoms with van der Waals surface area (Å²) in [4.78, 5) is 14.6. The molecular formula is C25H36N2O4. The van der Waals surface area contributed by atoms with Crippen molar-refractivity contribution in [2.24, 2.45) is 0 Å². The van der Waals surface area contributed by atoms with E-state index >= 15 is 0 Å². The smallest absolute Gasteiger partial charge is 0.220 e. The molecule has 6 heteroatoms. The van der Waals surface area contributed by atoms with Gasteiger partial charge in [0.25, 0.3) is 0 Å². The monoisotopic (exact) mass is 428 g/mol. The van der Waals surface area contributed by atoms with Crippen molar-refractivity contribution in [2.45, 2.75) is 40.2 Å². The number of para-hydroxylation sites is 3. The normalized spacial score (nSPS) is 10.7. The van der Waals surface area contributed by atoms with E-state index in [0.717, 1.165) is 36.7 Å². The molecule has 0 saturated heterocycles. The van der Waals surface area contributed by atoms with Gasteiger partial charge in [-0.2, -0.15) is 0 Å². The van der Waals surface area contributed by atoms with Gasteiger partial charge in [0, 0.05) is 25.1 Å². The Morgan fingerprint density at radius 2 is 1.45 bits per heavy atom. The van der Waals surface area contributed by atoms with Crippen LogP contribution in [0.1, 0.15) is 39.2 Å². The van der Waals surface area contributed by atoms with Crippen molar-refractivity contribution in [3.05, 3.63) is 54.1 Å². The summed E-state index contributed by atoms with van der Waals surface area (Å²) in [6.07, 6.45) is 1.04. The van der Waals surface area contributed by atoms with Gasteiger partial charge in [0.2, 0.25) is 5.91 Å². The Morgan fingerprint density at radius 1 is 0.839 bits per heavy atom. The van der Waals surface area contributed by atoms with Crippen LogP contribution in [0.3, 0.4) is 0 Å². The fourth-order valence-corrected chi connectivity index (χ4v) is 3.16. The first-order valence-electron chi connectivity index (χ1n) is 11.2. The van der Waals surface area contributed by atoms with Gasteiger partial charge < -0.3 is 24.4 Å². The van der Waals surface area contributed by atoms with Gasteiger partial charge in [0.1, 0.15) is 12.4 Å². The second kappa shape index (κ2) is 14.3. The summed E-state index contributed by atoms with van der Waals surface area (Å²) >= 11 is 0. The number of ether oxygens (including phenoxy) is 3. The van der Waals surface area contributed by atoms with Gasteiger partial charge in [-0.05, 0) is 44.6 Å². The van der Waals surface area contributed by atoms with Crippen molar-refractivity contribution in [3.8, 4) is 17.2 Å². The number of nitrogens with zero attached hydrogens (tertiary/aromatic N) is 1. The largest absolute Gasteiger partial charge is 0.492 e. The van der Waals surface area contributed by atoms with Gasteiger partial charge in [0.05, 0.1) is 13.2 Å². The Labute approximate surface area is 186 Å². The Hall–Kier alpha value is -2.73. The van der Waals surface area contributed by atoms with Gasteiger partial charge in [-0.3, -0.25) is 4.79 Å². The van der Waals surface area contributed by atoms with Gasteiger partial charge in [-0.25, -0.2) is 0 Å². The SMILES string of the molecule is CCOc1ccccc1OCCCC(=O)NCc1ccccc1OCCN(CC)CC. The number of rotatable bonds is 15. The first-order chi connectivity index (χ1) is 15.2. The van der Waals surface area contributed by atoms with E-state index in [1.54, 1.807) is 0 Å². The molecule has 0 atom stereocenters. The van der Waals surface area contributed by atoms with Crippen molar-refractivity contribution in [2.75, 3.05) is 39.5 Å². The lowest BCUT2D eigenvalue weighted by molar-refractivity contribution is -0.121. The Morgan fingerprint density at radius 3 is 2.13 bits per heavy atom. The average Bonchev–Trinajstić information content (AvgIpc) is 2.80. The van der Waals surface area contributed by atoms with E-state index in [-0.39, 0.29) is 5.91 Å². The molecule has 0 aromatic heterocycles. The minimum atomic E-state index is -0.000336. The second-order valence-electron chi connectivity index (χ2n) is 7.09. The van der Waals surface area contributed by atoms with Gasteiger partial charge in [-0.1, -0.05) is 44.2 Å². The number of carbonyl (C=O) groups excluding carboxylic acids is 1.